The molecule has 0 saturated carbocycles. The highest BCUT2D eigenvalue weighted by Gasteiger charge is 2.28. The maximum Gasteiger partial charge on any atom is 0.408 e. The molecule has 0 bridgehead atoms. The molecule has 8 heteroatoms. The van der Waals surface area contributed by atoms with Gasteiger partial charge in [-0.15, -0.1) is 0 Å². The third-order valence-electron chi connectivity index (χ3n) is 4.69. The molecule has 0 saturated heterocycles. The van der Waals surface area contributed by atoms with Gasteiger partial charge in [0, 0.05) is 6.42 Å². The average Bonchev–Trinajstić information content (AvgIpc) is 2.76. The fourth-order valence-electron chi connectivity index (χ4n) is 2.91. The number of rotatable bonds is 10. The number of alkyl carbamates (subject to hydrolysis) is 1. The zero-order chi connectivity index (χ0) is 22.8. The maximum absolute atomic E-state index is 12.8. The molecule has 8 nitrogen and oxygen atoms in total. The first-order valence-corrected chi connectivity index (χ1v) is 10.00. The van der Waals surface area contributed by atoms with Gasteiger partial charge in [-0.25, -0.2) is 4.79 Å². The van der Waals surface area contributed by atoms with Crippen LogP contribution in [0.5, 0.6) is 5.75 Å². The lowest BCUT2D eigenvalue weighted by Crippen LogP contribution is -2.55. The summed E-state index contributed by atoms with van der Waals surface area (Å²) in [5.41, 5.74) is 7.12. The van der Waals surface area contributed by atoms with E-state index < -0.39 is 30.0 Å². The summed E-state index contributed by atoms with van der Waals surface area (Å²) in [6.07, 6.45) is -0.502. The van der Waals surface area contributed by atoms with E-state index in [9.17, 15) is 14.4 Å². The fraction of sp³-hybridized carbons (Fsp3) is 0.348. The molecule has 2 aromatic rings. The van der Waals surface area contributed by atoms with Gasteiger partial charge >= 0.3 is 6.09 Å². The summed E-state index contributed by atoms with van der Waals surface area (Å²) in [4.78, 5) is 36.9. The first-order chi connectivity index (χ1) is 14.8. The van der Waals surface area contributed by atoms with Crippen molar-refractivity contribution in [2.75, 3.05) is 7.11 Å². The number of carbonyl (C=O) groups is 3. The van der Waals surface area contributed by atoms with Gasteiger partial charge in [-0.3, -0.25) is 9.59 Å². The lowest BCUT2D eigenvalue weighted by Gasteiger charge is -2.24. The molecule has 4 N–H and O–H groups in total. The minimum absolute atomic E-state index is 0.0838. The van der Waals surface area contributed by atoms with Crippen molar-refractivity contribution in [3.05, 3.63) is 65.7 Å². The molecule has 0 spiro atoms. The Balaban J connectivity index is 1.97. The van der Waals surface area contributed by atoms with Crippen LogP contribution in [0.3, 0.4) is 0 Å². The summed E-state index contributed by atoms with van der Waals surface area (Å²) >= 11 is 0. The van der Waals surface area contributed by atoms with Crippen LogP contribution in [-0.4, -0.2) is 37.1 Å². The summed E-state index contributed by atoms with van der Waals surface area (Å²) in [6, 6.07) is 14.5. The van der Waals surface area contributed by atoms with Crippen LogP contribution in [0.4, 0.5) is 4.79 Å². The van der Waals surface area contributed by atoms with Crippen molar-refractivity contribution in [2.45, 2.75) is 39.0 Å². The largest absolute Gasteiger partial charge is 0.497 e. The number of amides is 3. The van der Waals surface area contributed by atoms with Gasteiger partial charge in [0.15, 0.2) is 0 Å². The third-order valence-corrected chi connectivity index (χ3v) is 4.69. The first-order valence-electron chi connectivity index (χ1n) is 10.00. The number of hydrogen-bond acceptors (Lipinski definition) is 5. The van der Waals surface area contributed by atoms with Gasteiger partial charge in [0.05, 0.1) is 7.11 Å². The predicted octanol–water partition coefficient (Wildman–Crippen LogP) is 2.16. The molecule has 0 aromatic heterocycles. The van der Waals surface area contributed by atoms with Gasteiger partial charge in [-0.2, -0.15) is 0 Å². The van der Waals surface area contributed by atoms with E-state index in [1.54, 1.807) is 45.2 Å². The monoisotopic (exact) mass is 427 g/mol. The molecule has 0 aliphatic carbocycles. The second-order valence-electron chi connectivity index (χ2n) is 7.44. The number of benzene rings is 2. The Labute approximate surface area is 182 Å². The first kappa shape index (κ1) is 23.7. The number of ether oxygens (including phenoxy) is 2. The van der Waals surface area contributed by atoms with Crippen molar-refractivity contribution in [1.29, 1.82) is 0 Å². The highest BCUT2D eigenvalue weighted by Crippen LogP contribution is 2.13. The van der Waals surface area contributed by atoms with E-state index in [0.29, 0.717) is 5.75 Å². The summed E-state index contributed by atoms with van der Waals surface area (Å²) in [5.74, 6) is -0.734. The summed E-state index contributed by atoms with van der Waals surface area (Å²) in [5, 5.41) is 5.21. The minimum Gasteiger partial charge on any atom is -0.497 e. The van der Waals surface area contributed by atoms with Crippen LogP contribution in [-0.2, 0) is 27.4 Å². The molecular formula is C23H29N3O5. The zero-order valence-electron chi connectivity index (χ0n) is 18.0. The van der Waals surface area contributed by atoms with E-state index in [4.69, 9.17) is 15.2 Å². The van der Waals surface area contributed by atoms with Crippen LogP contribution in [0.25, 0.3) is 0 Å². The molecule has 166 valence electrons. The summed E-state index contributed by atoms with van der Waals surface area (Å²) < 4.78 is 10.3. The van der Waals surface area contributed by atoms with Crippen molar-refractivity contribution in [3.8, 4) is 5.75 Å². The topological polar surface area (TPSA) is 120 Å². The molecular weight excluding hydrogens is 398 g/mol. The number of primary amides is 1. The Morgan fingerprint density at radius 2 is 1.58 bits per heavy atom. The van der Waals surface area contributed by atoms with E-state index in [0.717, 1.165) is 11.1 Å². The van der Waals surface area contributed by atoms with Crippen molar-refractivity contribution >= 4 is 17.9 Å². The second kappa shape index (κ2) is 11.6. The van der Waals surface area contributed by atoms with E-state index in [2.05, 4.69) is 10.6 Å². The molecule has 0 heterocycles. The molecule has 2 rings (SSSR count). The number of nitrogens with two attached hydrogens (primary N) is 1. The second-order valence-corrected chi connectivity index (χ2v) is 7.44. The van der Waals surface area contributed by atoms with E-state index >= 15 is 0 Å². The van der Waals surface area contributed by atoms with Gasteiger partial charge in [-0.05, 0) is 29.2 Å². The summed E-state index contributed by atoms with van der Waals surface area (Å²) in [6.45, 7) is 3.65. The molecule has 0 unspecified atom stereocenters. The van der Waals surface area contributed by atoms with Crippen molar-refractivity contribution in [2.24, 2.45) is 11.7 Å². The number of hydrogen-bond donors (Lipinski definition) is 3. The van der Waals surface area contributed by atoms with Gasteiger partial charge in [0.2, 0.25) is 11.8 Å². The van der Waals surface area contributed by atoms with Crippen LogP contribution in [0.1, 0.15) is 25.0 Å². The lowest BCUT2D eigenvalue weighted by atomic mass is 10.0. The van der Waals surface area contributed by atoms with E-state index in [1.807, 2.05) is 30.3 Å². The molecule has 0 aliphatic heterocycles. The Bertz CT molecular complexity index is 869. The predicted molar refractivity (Wildman–Crippen MR) is 116 cm³/mol. The van der Waals surface area contributed by atoms with E-state index in [-0.39, 0.29) is 18.9 Å². The number of carbonyl (C=O) groups excluding carboxylic acids is 3. The quantitative estimate of drug-likeness (QED) is 0.537. The Morgan fingerprint density at radius 3 is 2.13 bits per heavy atom. The third kappa shape index (κ3) is 7.65. The molecule has 3 amide bonds. The van der Waals surface area contributed by atoms with Crippen molar-refractivity contribution in [1.82, 2.24) is 10.6 Å². The number of methoxy groups -OCH3 is 1. The number of nitrogens with one attached hydrogen (secondary N) is 2. The molecule has 0 fully saturated rings. The van der Waals surface area contributed by atoms with Crippen LogP contribution in [0, 0.1) is 5.92 Å². The Hall–Kier alpha value is -3.55. The molecule has 2 aromatic carbocycles. The van der Waals surface area contributed by atoms with Crippen LogP contribution >= 0.6 is 0 Å². The smallest absolute Gasteiger partial charge is 0.408 e. The van der Waals surface area contributed by atoms with Crippen LogP contribution in [0.2, 0.25) is 0 Å². The van der Waals surface area contributed by atoms with Gasteiger partial charge < -0.3 is 25.8 Å². The summed E-state index contributed by atoms with van der Waals surface area (Å²) in [7, 11) is 1.56. The fourth-order valence-corrected chi connectivity index (χ4v) is 2.91. The van der Waals surface area contributed by atoms with Crippen molar-refractivity contribution < 1.29 is 23.9 Å². The van der Waals surface area contributed by atoms with E-state index in [1.165, 1.54) is 0 Å². The van der Waals surface area contributed by atoms with Gasteiger partial charge in [0.1, 0.15) is 24.4 Å². The Kier molecular flexibility index (Phi) is 8.87. The minimum atomic E-state index is -0.927. The standard InChI is InChI=1S/C23H29N3O5/c1-15(2)20(26-23(29)31-14-17-7-5-4-6-8-17)22(28)25-19(21(24)27)13-16-9-11-18(30-3)12-10-16/h4-12,15,19-20H,13-14H2,1-3H3,(H2,24,27)(H,25,28)(H,26,29)/t19-,20-/m0/s1. The normalized spacial score (nSPS) is 12.5. The SMILES string of the molecule is COc1ccc(C[C@H](NC(=O)[C@@H](NC(=O)OCc2ccccc2)C(C)C)C(N)=O)cc1. The van der Waals surface area contributed by atoms with Crippen LogP contribution in [0.15, 0.2) is 54.6 Å². The Morgan fingerprint density at radius 1 is 0.935 bits per heavy atom. The maximum atomic E-state index is 12.8. The molecule has 31 heavy (non-hydrogen) atoms. The lowest BCUT2D eigenvalue weighted by molar-refractivity contribution is -0.129. The van der Waals surface area contributed by atoms with Crippen LogP contribution < -0.4 is 21.1 Å². The molecule has 0 aliphatic rings. The average molecular weight is 428 g/mol. The molecule has 2 atom stereocenters. The highest BCUT2D eigenvalue weighted by atomic mass is 16.5. The van der Waals surface area contributed by atoms with Gasteiger partial charge in [-0.1, -0.05) is 56.3 Å². The van der Waals surface area contributed by atoms with Gasteiger partial charge in [0.25, 0.3) is 0 Å². The van der Waals surface area contributed by atoms with Crippen molar-refractivity contribution in [3.63, 3.8) is 0 Å². The highest BCUT2D eigenvalue weighted by molar-refractivity contribution is 5.91. The zero-order valence-corrected chi connectivity index (χ0v) is 18.0. The molecule has 0 radical (unpaired) electrons.